The second kappa shape index (κ2) is 8.65. The number of H-pyrrole nitrogens is 1. The van der Waals surface area contributed by atoms with Gasteiger partial charge in [0.15, 0.2) is 5.82 Å². The number of pyridine rings is 1. The molecule has 0 saturated carbocycles. The number of hydrogen-bond acceptors (Lipinski definition) is 6. The Morgan fingerprint density at radius 3 is 2.91 bits per heavy atom. The molecule has 1 N–H and O–H groups in total. The van der Waals surface area contributed by atoms with Gasteiger partial charge in [-0.25, -0.2) is 9.37 Å². The summed E-state index contributed by atoms with van der Waals surface area (Å²) in [5, 5.41) is 11.1. The van der Waals surface area contributed by atoms with Crippen molar-refractivity contribution in [1.29, 1.82) is 0 Å². The maximum Gasteiger partial charge on any atom is 0.247 e. The minimum Gasteiger partial charge on any atom is -0.346 e. The first-order valence-corrected chi connectivity index (χ1v) is 12.1. The smallest absolute Gasteiger partial charge is 0.247 e. The number of hydrogen-bond donors (Lipinski definition) is 1. The van der Waals surface area contributed by atoms with E-state index < -0.39 is 5.82 Å². The molecule has 12 heteroatoms. The molecule has 1 saturated heterocycles. The van der Waals surface area contributed by atoms with E-state index in [4.69, 9.17) is 16.6 Å². The molecule has 0 bridgehead atoms. The maximum atomic E-state index is 15.2. The van der Waals surface area contributed by atoms with Gasteiger partial charge in [0.1, 0.15) is 12.2 Å². The summed E-state index contributed by atoms with van der Waals surface area (Å²) in [5.74, 6) is -0.0659. The fourth-order valence-corrected chi connectivity index (χ4v) is 5.54. The Labute approximate surface area is 212 Å². The van der Waals surface area contributed by atoms with Gasteiger partial charge in [-0.1, -0.05) is 11.6 Å². The van der Waals surface area contributed by atoms with Gasteiger partial charge in [-0.3, -0.25) is 9.78 Å². The van der Waals surface area contributed by atoms with E-state index >= 15 is 4.39 Å². The number of aromatic nitrogens is 7. The zero-order valence-corrected chi connectivity index (χ0v) is 20.4. The Morgan fingerprint density at radius 1 is 1.23 bits per heavy atom. The van der Waals surface area contributed by atoms with E-state index in [1.165, 1.54) is 23.2 Å². The van der Waals surface area contributed by atoms with E-state index in [1.54, 1.807) is 18.5 Å². The lowest BCUT2D eigenvalue weighted by Crippen LogP contribution is -2.39. The Balaban J connectivity index is 1.34. The summed E-state index contributed by atoms with van der Waals surface area (Å²) < 4.78 is 17.5. The SMILES string of the molecule is O=C1C=C(c2c(-n3cnnn3)ccc(Cl)c2F)CC2CC[C@@H](c3nc(-c4ccncc4Br)c[nH]3)N12. The Bertz CT molecular complexity index is 1470. The third-order valence-corrected chi connectivity index (χ3v) is 7.39. The minimum atomic E-state index is -0.597. The highest BCUT2D eigenvalue weighted by atomic mass is 79.9. The van der Waals surface area contributed by atoms with Gasteiger partial charge in [0.25, 0.3) is 0 Å². The van der Waals surface area contributed by atoms with E-state index in [-0.39, 0.29) is 28.6 Å². The topological polar surface area (TPSA) is 105 Å². The largest absolute Gasteiger partial charge is 0.346 e. The molecule has 6 rings (SSSR count). The summed E-state index contributed by atoms with van der Waals surface area (Å²) in [6.45, 7) is 0. The van der Waals surface area contributed by atoms with E-state index in [1.807, 2.05) is 17.2 Å². The van der Waals surface area contributed by atoms with Crippen molar-refractivity contribution in [1.82, 2.24) is 40.1 Å². The third-order valence-electron chi connectivity index (χ3n) is 6.46. The van der Waals surface area contributed by atoms with Crippen molar-refractivity contribution in [3.63, 3.8) is 0 Å². The highest BCUT2D eigenvalue weighted by Gasteiger charge is 2.42. The summed E-state index contributed by atoms with van der Waals surface area (Å²) in [6.07, 6.45) is 10.1. The van der Waals surface area contributed by atoms with E-state index in [2.05, 4.69) is 41.4 Å². The molecule has 0 radical (unpaired) electrons. The molecule has 1 fully saturated rings. The Hall–Kier alpha value is -3.44. The molecule has 5 heterocycles. The van der Waals surface area contributed by atoms with Gasteiger partial charge in [-0.05, 0) is 69.4 Å². The molecular weight excluding hydrogens is 539 g/mol. The fraction of sp³-hybridized carbons (Fsp3) is 0.217. The Morgan fingerprint density at radius 2 is 2.11 bits per heavy atom. The number of rotatable bonds is 4. The average Bonchev–Trinajstić information content (AvgIpc) is 3.61. The molecule has 1 unspecified atom stereocenters. The van der Waals surface area contributed by atoms with Crippen molar-refractivity contribution >= 4 is 39.0 Å². The quantitative estimate of drug-likeness (QED) is 0.397. The van der Waals surface area contributed by atoms with E-state index in [9.17, 15) is 4.79 Å². The number of tetrazole rings is 1. The van der Waals surface area contributed by atoms with Crippen LogP contribution >= 0.6 is 27.5 Å². The van der Waals surface area contributed by atoms with Gasteiger partial charge in [0, 0.05) is 46.3 Å². The van der Waals surface area contributed by atoms with Gasteiger partial charge in [-0.2, -0.15) is 4.68 Å². The zero-order valence-electron chi connectivity index (χ0n) is 18.1. The van der Waals surface area contributed by atoms with Crippen LogP contribution in [0.25, 0.3) is 22.5 Å². The number of nitrogens with zero attached hydrogens (tertiary/aromatic N) is 7. The first-order valence-electron chi connectivity index (χ1n) is 10.9. The first-order chi connectivity index (χ1) is 17.0. The highest BCUT2D eigenvalue weighted by molar-refractivity contribution is 9.10. The lowest BCUT2D eigenvalue weighted by molar-refractivity contribution is -0.129. The molecule has 35 heavy (non-hydrogen) atoms. The van der Waals surface area contributed by atoms with Crippen molar-refractivity contribution in [3.05, 3.63) is 75.9 Å². The van der Waals surface area contributed by atoms with Crippen molar-refractivity contribution < 1.29 is 9.18 Å². The van der Waals surface area contributed by atoms with Crippen LogP contribution in [0, 0.1) is 5.82 Å². The molecule has 3 aromatic heterocycles. The average molecular weight is 556 g/mol. The molecule has 0 spiro atoms. The lowest BCUT2D eigenvalue weighted by atomic mass is 9.92. The van der Waals surface area contributed by atoms with Gasteiger partial charge in [0.05, 0.1) is 22.4 Å². The van der Waals surface area contributed by atoms with E-state index in [0.717, 1.165) is 34.4 Å². The lowest BCUT2D eigenvalue weighted by Gasteiger charge is -2.33. The predicted molar refractivity (Wildman–Crippen MR) is 129 cm³/mol. The number of nitrogens with one attached hydrogen (secondary N) is 1. The van der Waals surface area contributed by atoms with Gasteiger partial charge in [0.2, 0.25) is 5.91 Å². The summed E-state index contributed by atoms with van der Waals surface area (Å²) >= 11 is 9.61. The number of imidazole rings is 1. The van der Waals surface area contributed by atoms with Gasteiger partial charge >= 0.3 is 0 Å². The second-order valence-corrected chi connectivity index (χ2v) is 9.66. The standard InChI is InChI=1S/C23H17BrClFN8O/c24-15-9-27-6-5-14(15)17-10-28-23(30-17)19-3-1-13-7-12(8-20(35)34(13)19)21-18(33-11-29-31-32-33)4-2-16(25)22(21)26/h2,4-6,8-11,13,19H,1,3,7H2,(H,28,30)/t13?,19-/m0/s1. The number of benzene rings is 1. The molecular formula is C23H17BrClFN8O. The highest BCUT2D eigenvalue weighted by Crippen LogP contribution is 2.44. The second-order valence-electron chi connectivity index (χ2n) is 8.40. The van der Waals surface area contributed by atoms with Gasteiger partial charge < -0.3 is 9.88 Å². The number of amides is 1. The van der Waals surface area contributed by atoms with Crippen LogP contribution in [0.2, 0.25) is 5.02 Å². The van der Waals surface area contributed by atoms with Crippen LogP contribution in [-0.4, -0.2) is 52.0 Å². The Kier molecular flexibility index (Phi) is 5.45. The van der Waals surface area contributed by atoms with Crippen LogP contribution < -0.4 is 0 Å². The minimum absolute atomic E-state index is 0.0257. The molecule has 4 aromatic rings. The van der Waals surface area contributed by atoms with Crippen LogP contribution in [0.5, 0.6) is 0 Å². The van der Waals surface area contributed by atoms with Crippen molar-refractivity contribution in [3.8, 4) is 16.9 Å². The monoisotopic (exact) mass is 554 g/mol. The van der Waals surface area contributed by atoms with Crippen LogP contribution in [0.1, 0.15) is 36.7 Å². The number of halogens is 3. The van der Waals surface area contributed by atoms with Crippen LogP contribution in [0.3, 0.4) is 0 Å². The molecule has 2 aliphatic rings. The molecule has 2 aliphatic heterocycles. The van der Waals surface area contributed by atoms with E-state index in [0.29, 0.717) is 17.7 Å². The van der Waals surface area contributed by atoms with Crippen LogP contribution in [0.4, 0.5) is 4.39 Å². The zero-order chi connectivity index (χ0) is 24.1. The molecule has 2 atom stereocenters. The predicted octanol–water partition coefficient (Wildman–Crippen LogP) is 4.52. The first kappa shape index (κ1) is 22.1. The number of aromatic amines is 1. The number of fused-ring (bicyclic) bond motifs is 1. The molecule has 1 aromatic carbocycles. The maximum absolute atomic E-state index is 15.2. The van der Waals surface area contributed by atoms with Crippen molar-refractivity contribution in [2.45, 2.75) is 31.3 Å². The van der Waals surface area contributed by atoms with Gasteiger partial charge in [-0.15, -0.1) is 5.10 Å². The number of carbonyl (C=O) groups is 1. The summed E-state index contributed by atoms with van der Waals surface area (Å²) in [6, 6.07) is 4.70. The normalized spacial score (nSPS) is 19.7. The fourth-order valence-electron chi connectivity index (χ4n) is 4.93. The van der Waals surface area contributed by atoms with Crippen molar-refractivity contribution in [2.75, 3.05) is 0 Å². The summed E-state index contributed by atoms with van der Waals surface area (Å²) in [7, 11) is 0. The molecule has 9 nitrogen and oxygen atoms in total. The third kappa shape index (κ3) is 3.75. The summed E-state index contributed by atoms with van der Waals surface area (Å²) in [5.41, 5.74) is 2.92. The summed E-state index contributed by atoms with van der Waals surface area (Å²) in [4.78, 5) is 27.3. The molecule has 1 amide bonds. The molecule has 0 aliphatic carbocycles. The van der Waals surface area contributed by atoms with Crippen LogP contribution in [-0.2, 0) is 4.79 Å². The number of carbonyl (C=O) groups excluding carboxylic acids is 1. The van der Waals surface area contributed by atoms with Crippen molar-refractivity contribution in [2.24, 2.45) is 0 Å². The molecule has 176 valence electrons. The van der Waals surface area contributed by atoms with Crippen LogP contribution in [0.15, 0.2) is 53.7 Å².